The van der Waals surface area contributed by atoms with Crippen molar-refractivity contribution in [3.05, 3.63) is 67.8 Å². The number of hydrogen-bond acceptors (Lipinski definition) is 4. The Morgan fingerprint density at radius 3 is 2.87 bits per heavy atom. The second-order valence-electron chi connectivity index (χ2n) is 7.74. The topological polar surface area (TPSA) is 50.5 Å². The molecule has 0 atom stereocenters. The van der Waals surface area contributed by atoms with Crippen LogP contribution in [0.25, 0.3) is 16.9 Å². The highest BCUT2D eigenvalue weighted by molar-refractivity contribution is 7.10. The molecule has 30 heavy (non-hydrogen) atoms. The van der Waals surface area contributed by atoms with Gasteiger partial charge in [-0.3, -0.25) is 4.79 Å². The molecule has 5 heterocycles. The third-order valence-corrected chi connectivity index (χ3v) is 7.04. The minimum Gasteiger partial charge on any atom is -0.312 e. The fourth-order valence-electron chi connectivity index (χ4n) is 4.47. The number of thiazole rings is 1. The predicted molar refractivity (Wildman–Crippen MR) is 120 cm³/mol. The molecule has 1 amide bonds. The van der Waals surface area contributed by atoms with Gasteiger partial charge >= 0.3 is 0 Å². The zero-order valence-electron chi connectivity index (χ0n) is 15.9. The van der Waals surface area contributed by atoms with Crippen molar-refractivity contribution in [2.45, 2.75) is 25.7 Å². The van der Waals surface area contributed by atoms with E-state index >= 15 is 0 Å². The van der Waals surface area contributed by atoms with Gasteiger partial charge in [0.25, 0.3) is 0 Å². The lowest BCUT2D eigenvalue weighted by Crippen LogP contribution is -2.31. The normalized spacial score (nSPS) is 15.3. The molecule has 0 radical (unpaired) electrons. The van der Waals surface area contributed by atoms with Gasteiger partial charge in [0.05, 0.1) is 38.5 Å². The van der Waals surface area contributed by atoms with E-state index in [-0.39, 0.29) is 5.91 Å². The van der Waals surface area contributed by atoms with Crippen molar-refractivity contribution in [1.29, 1.82) is 0 Å². The largest absolute Gasteiger partial charge is 0.312 e. The molecule has 150 valence electrons. The van der Waals surface area contributed by atoms with Crippen LogP contribution in [0.2, 0.25) is 10.0 Å². The molecule has 0 bridgehead atoms. The van der Waals surface area contributed by atoms with Gasteiger partial charge in [-0.25, -0.2) is 9.97 Å². The van der Waals surface area contributed by atoms with Crippen LogP contribution in [0.1, 0.15) is 28.2 Å². The Kier molecular flexibility index (Phi) is 4.17. The van der Waals surface area contributed by atoms with E-state index in [4.69, 9.17) is 28.2 Å². The first-order valence-corrected chi connectivity index (χ1v) is 11.4. The summed E-state index contributed by atoms with van der Waals surface area (Å²) in [6.07, 6.45) is 6.90. The van der Waals surface area contributed by atoms with Crippen molar-refractivity contribution in [1.82, 2.24) is 14.4 Å². The summed E-state index contributed by atoms with van der Waals surface area (Å²) in [6.45, 7) is 0.841. The number of imidazole rings is 1. The van der Waals surface area contributed by atoms with Gasteiger partial charge in [-0.2, -0.15) is 0 Å². The van der Waals surface area contributed by atoms with Gasteiger partial charge in [0.1, 0.15) is 0 Å². The Morgan fingerprint density at radius 2 is 1.97 bits per heavy atom. The smallest absolute Gasteiger partial charge is 0.231 e. The van der Waals surface area contributed by atoms with E-state index in [1.807, 2.05) is 15.5 Å². The van der Waals surface area contributed by atoms with Crippen LogP contribution >= 0.6 is 34.5 Å². The second-order valence-corrected chi connectivity index (χ2v) is 9.53. The van der Waals surface area contributed by atoms with Gasteiger partial charge in [-0.15, -0.1) is 11.3 Å². The molecule has 0 N–H and O–H groups in total. The first-order valence-electron chi connectivity index (χ1n) is 9.79. The molecule has 0 unspecified atom stereocenters. The molecule has 0 saturated carbocycles. The molecule has 0 fully saturated rings. The van der Waals surface area contributed by atoms with E-state index in [0.717, 1.165) is 52.6 Å². The van der Waals surface area contributed by atoms with E-state index < -0.39 is 0 Å². The zero-order valence-corrected chi connectivity index (χ0v) is 18.2. The van der Waals surface area contributed by atoms with E-state index in [2.05, 4.69) is 22.5 Å². The van der Waals surface area contributed by atoms with Gasteiger partial charge in [0.15, 0.2) is 5.65 Å². The molecule has 2 aliphatic heterocycles. The summed E-state index contributed by atoms with van der Waals surface area (Å²) >= 11 is 14.0. The number of rotatable bonds is 3. The molecular weight excluding hydrogens is 439 g/mol. The number of aryl methyl sites for hydroxylation is 1. The van der Waals surface area contributed by atoms with Gasteiger partial charge in [-0.1, -0.05) is 23.2 Å². The van der Waals surface area contributed by atoms with Crippen molar-refractivity contribution in [2.24, 2.45) is 0 Å². The number of hydrogen-bond donors (Lipinski definition) is 0. The maximum absolute atomic E-state index is 12.3. The number of nitrogens with zero attached hydrogens (tertiary/aromatic N) is 4. The highest BCUT2D eigenvalue weighted by atomic mass is 35.5. The van der Waals surface area contributed by atoms with Crippen molar-refractivity contribution < 1.29 is 4.79 Å². The molecule has 2 aliphatic rings. The summed E-state index contributed by atoms with van der Waals surface area (Å²) in [7, 11) is 0. The third-order valence-electron chi connectivity index (χ3n) is 5.71. The molecule has 0 saturated heterocycles. The van der Waals surface area contributed by atoms with E-state index in [1.165, 1.54) is 5.56 Å². The maximum atomic E-state index is 12.3. The highest BCUT2D eigenvalue weighted by Crippen LogP contribution is 2.40. The number of carbonyl (C=O) groups is 1. The van der Waals surface area contributed by atoms with Crippen molar-refractivity contribution in [3.8, 4) is 11.3 Å². The average Bonchev–Trinajstić information content (AvgIpc) is 3.41. The maximum Gasteiger partial charge on any atom is 0.231 e. The number of pyridine rings is 1. The van der Waals surface area contributed by atoms with E-state index in [0.29, 0.717) is 28.5 Å². The summed E-state index contributed by atoms with van der Waals surface area (Å²) in [5, 5.41) is 4.18. The minimum atomic E-state index is 0.215. The van der Waals surface area contributed by atoms with Crippen LogP contribution in [0.4, 0.5) is 5.69 Å². The molecule has 3 aromatic heterocycles. The second kappa shape index (κ2) is 6.80. The van der Waals surface area contributed by atoms with Gasteiger partial charge in [-0.05, 0) is 42.2 Å². The molecular formula is C22H16Cl2N4OS. The number of carbonyl (C=O) groups excluding carboxylic acids is 1. The van der Waals surface area contributed by atoms with Crippen LogP contribution in [0.3, 0.4) is 0 Å². The standard InChI is InChI=1S/C22H16Cl2N4OS/c23-15-7-17(24)22-25-16(10-27(22)9-15)8-19-26-18(11-30-19)13-4-12-2-1-3-28-20(29)6-14(5-13)21(12)28/h4-5,7,9-11H,1-3,6,8H2. The number of halogens is 2. The first-order chi connectivity index (χ1) is 14.5. The number of amides is 1. The molecule has 6 rings (SSSR count). The molecule has 5 nitrogen and oxygen atoms in total. The van der Waals surface area contributed by atoms with Crippen LogP contribution in [0.5, 0.6) is 0 Å². The van der Waals surface area contributed by atoms with Crippen LogP contribution < -0.4 is 4.90 Å². The third kappa shape index (κ3) is 2.94. The fraction of sp³-hybridized carbons (Fsp3) is 0.227. The Labute approximate surface area is 186 Å². The minimum absolute atomic E-state index is 0.215. The molecule has 0 spiro atoms. The van der Waals surface area contributed by atoms with Gasteiger partial charge in [0.2, 0.25) is 5.91 Å². The SMILES string of the molecule is O=C1Cc2cc(-c3csc(Cc4cn5cc(Cl)cc(Cl)c5n4)n3)cc3c2N1CCC3. The lowest BCUT2D eigenvalue weighted by atomic mass is 9.96. The Balaban J connectivity index is 1.32. The van der Waals surface area contributed by atoms with Crippen molar-refractivity contribution >= 4 is 51.8 Å². The molecule has 4 aromatic rings. The lowest BCUT2D eigenvalue weighted by Gasteiger charge is -2.25. The monoisotopic (exact) mass is 454 g/mol. The quantitative estimate of drug-likeness (QED) is 0.427. The predicted octanol–water partition coefficient (Wildman–Crippen LogP) is 5.19. The fourth-order valence-corrected chi connectivity index (χ4v) is 5.81. The van der Waals surface area contributed by atoms with Crippen LogP contribution in [0, 0.1) is 0 Å². The molecule has 1 aromatic carbocycles. The van der Waals surface area contributed by atoms with E-state index in [1.54, 1.807) is 23.6 Å². The summed E-state index contributed by atoms with van der Waals surface area (Å²) in [5.41, 5.74) is 7.17. The number of benzene rings is 1. The lowest BCUT2D eigenvalue weighted by molar-refractivity contribution is -0.117. The first kappa shape index (κ1) is 18.4. The van der Waals surface area contributed by atoms with Crippen LogP contribution in [-0.2, 0) is 24.1 Å². The summed E-state index contributed by atoms with van der Waals surface area (Å²) < 4.78 is 1.85. The summed E-state index contributed by atoms with van der Waals surface area (Å²) in [6, 6.07) is 6.03. The summed E-state index contributed by atoms with van der Waals surface area (Å²) in [4.78, 5) is 23.7. The van der Waals surface area contributed by atoms with Crippen molar-refractivity contribution in [3.63, 3.8) is 0 Å². The number of anilines is 1. The Morgan fingerprint density at radius 1 is 1.10 bits per heavy atom. The molecule has 0 aliphatic carbocycles. The zero-order chi connectivity index (χ0) is 20.4. The number of fused-ring (bicyclic) bond motifs is 1. The number of aromatic nitrogens is 3. The Hall–Kier alpha value is -2.41. The van der Waals surface area contributed by atoms with Crippen molar-refractivity contribution in [2.75, 3.05) is 11.4 Å². The van der Waals surface area contributed by atoms with Gasteiger partial charge < -0.3 is 9.30 Å². The Bertz CT molecular complexity index is 1340. The summed E-state index contributed by atoms with van der Waals surface area (Å²) in [5.74, 6) is 0.215. The molecule has 8 heteroatoms. The van der Waals surface area contributed by atoms with Crippen LogP contribution in [0.15, 0.2) is 36.0 Å². The van der Waals surface area contributed by atoms with Crippen LogP contribution in [-0.4, -0.2) is 26.8 Å². The van der Waals surface area contributed by atoms with Gasteiger partial charge in [0, 0.05) is 36.3 Å². The van der Waals surface area contributed by atoms with E-state index in [9.17, 15) is 4.79 Å². The highest BCUT2D eigenvalue weighted by Gasteiger charge is 2.32. The average molecular weight is 455 g/mol.